The first-order valence-electron chi connectivity index (χ1n) is 9.90. The van der Waals surface area contributed by atoms with Gasteiger partial charge in [0.05, 0.1) is 22.5 Å². The van der Waals surface area contributed by atoms with Crippen molar-refractivity contribution in [2.75, 3.05) is 5.32 Å². The Bertz CT molecular complexity index is 1330. The molecule has 3 aromatic carbocycles. The van der Waals surface area contributed by atoms with Crippen molar-refractivity contribution in [2.24, 2.45) is 0 Å². The molecule has 0 saturated heterocycles. The number of aromatic carboxylic acids is 1. The highest BCUT2D eigenvalue weighted by molar-refractivity contribution is 5.88. The lowest BCUT2D eigenvalue weighted by atomic mass is 10.1. The van der Waals surface area contributed by atoms with Crippen LogP contribution in [0.3, 0.4) is 0 Å². The number of halogens is 5. The minimum atomic E-state index is -4.47. The number of nitrogens with one attached hydrogen (secondary N) is 1. The second-order valence-electron chi connectivity index (χ2n) is 7.36. The average molecular weight is 473 g/mol. The molecular formula is C24H16F5N3O2. The number of nitrogens with zero attached hydrogens (tertiary/aromatic N) is 2. The van der Waals surface area contributed by atoms with Crippen LogP contribution >= 0.6 is 0 Å². The summed E-state index contributed by atoms with van der Waals surface area (Å²) in [4.78, 5) is 11.1. The van der Waals surface area contributed by atoms with E-state index in [1.54, 1.807) is 18.3 Å². The van der Waals surface area contributed by atoms with Crippen molar-refractivity contribution in [3.63, 3.8) is 0 Å². The lowest BCUT2D eigenvalue weighted by Gasteiger charge is -2.07. The molecule has 1 heterocycles. The van der Waals surface area contributed by atoms with Crippen LogP contribution < -0.4 is 5.32 Å². The predicted octanol–water partition coefficient (Wildman–Crippen LogP) is 6.15. The Kier molecular flexibility index (Phi) is 6.06. The van der Waals surface area contributed by atoms with Crippen LogP contribution in [0.2, 0.25) is 0 Å². The predicted molar refractivity (Wildman–Crippen MR) is 115 cm³/mol. The maximum atomic E-state index is 13.5. The molecule has 174 valence electrons. The fraction of sp³-hybridized carbons (Fsp3) is 0.0833. The molecule has 0 unspecified atom stereocenters. The van der Waals surface area contributed by atoms with Crippen molar-refractivity contribution < 1.29 is 31.9 Å². The molecule has 4 aromatic rings. The van der Waals surface area contributed by atoms with Crippen molar-refractivity contribution in [1.29, 1.82) is 0 Å². The fourth-order valence-electron chi connectivity index (χ4n) is 3.29. The van der Waals surface area contributed by atoms with Crippen LogP contribution in [0.5, 0.6) is 0 Å². The minimum Gasteiger partial charge on any atom is -0.478 e. The largest absolute Gasteiger partial charge is 0.478 e. The summed E-state index contributed by atoms with van der Waals surface area (Å²) in [7, 11) is 0. The number of hydrogen-bond acceptors (Lipinski definition) is 3. The molecule has 2 N–H and O–H groups in total. The number of anilines is 1. The van der Waals surface area contributed by atoms with Gasteiger partial charge >= 0.3 is 12.1 Å². The van der Waals surface area contributed by atoms with E-state index in [2.05, 4.69) is 10.4 Å². The fourth-order valence-corrected chi connectivity index (χ4v) is 3.29. The third kappa shape index (κ3) is 4.90. The Balaban J connectivity index is 1.69. The van der Waals surface area contributed by atoms with Gasteiger partial charge in [0, 0.05) is 35.6 Å². The molecule has 0 atom stereocenters. The summed E-state index contributed by atoms with van der Waals surface area (Å²) in [5.41, 5.74) is 1.56. The smallest absolute Gasteiger partial charge is 0.416 e. The van der Waals surface area contributed by atoms with Crippen LogP contribution in [-0.4, -0.2) is 20.9 Å². The quantitative estimate of drug-likeness (QED) is 0.330. The van der Waals surface area contributed by atoms with E-state index in [1.807, 2.05) is 0 Å². The molecule has 0 bridgehead atoms. The van der Waals surface area contributed by atoms with Gasteiger partial charge in [-0.1, -0.05) is 12.1 Å². The van der Waals surface area contributed by atoms with Crippen LogP contribution in [0, 0.1) is 11.6 Å². The molecule has 0 saturated carbocycles. The second kappa shape index (κ2) is 8.97. The molecule has 34 heavy (non-hydrogen) atoms. The standard InChI is InChI=1S/C24H16F5N3O2/c25-20-10-7-18(11-21(20)26)30-12-16-13-32(19-8-5-17(6-9-19)24(27,28)29)31-22(16)14-1-3-15(4-2-14)23(33)34/h1-11,13,30H,12H2,(H,33,34). The Morgan fingerprint density at radius 1 is 0.941 bits per heavy atom. The number of hydrogen-bond donors (Lipinski definition) is 2. The molecule has 10 heteroatoms. The maximum absolute atomic E-state index is 13.5. The van der Waals surface area contributed by atoms with Gasteiger partial charge in [-0.2, -0.15) is 18.3 Å². The Morgan fingerprint density at radius 2 is 1.62 bits per heavy atom. The first-order valence-corrected chi connectivity index (χ1v) is 9.90. The molecule has 4 rings (SSSR count). The van der Waals surface area contributed by atoms with Crippen LogP contribution in [0.1, 0.15) is 21.5 Å². The molecule has 0 spiro atoms. The Hall–Kier alpha value is -4.21. The lowest BCUT2D eigenvalue weighted by molar-refractivity contribution is -0.137. The van der Waals surface area contributed by atoms with Crippen molar-refractivity contribution in [3.05, 3.63) is 101 Å². The van der Waals surface area contributed by atoms with E-state index in [1.165, 1.54) is 35.0 Å². The highest BCUT2D eigenvalue weighted by Gasteiger charge is 2.30. The highest BCUT2D eigenvalue weighted by Crippen LogP contribution is 2.30. The van der Waals surface area contributed by atoms with E-state index in [4.69, 9.17) is 5.11 Å². The molecule has 0 fully saturated rings. The van der Waals surface area contributed by atoms with Crippen LogP contribution in [-0.2, 0) is 12.7 Å². The summed E-state index contributed by atoms with van der Waals surface area (Å²) in [6.07, 6.45) is -2.88. The second-order valence-corrected chi connectivity index (χ2v) is 7.36. The Labute approximate surface area is 190 Å². The number of rotatable bonds is 6. The number of carboxylic acid groups (broad SMARTS) is 1. The van der Waals surface area contributed by atoms with Gasteiger partial charge in [0.25, 0.3) is 0 Å². The van der Waals surface area contributed by atoms with E-state index in [-0.39, 0.29) is 12.1 Å². The van der Waals surface area contributed by atoms with Crippen LogP contribution in [0.15, 0.2) is 72.9 Å². The molecule has 0 aliphatic rings. The van der Waals surface area contributed by atoms with Crippen molar-refractivity contribution in [3.8, 4) is 16.9 Å². The highest BCUT2D eigenvalue weighted by atomic mass is 19.4. The van der Waals surface area contributed by atoms with Gasteiger partial charge in [-0.25, -0.2) is 18.3 Å². The third-order valence-electron chi connectivity index (χ3n) is 5.06. The molecule has 0 radical (unpaired) electrons. The van der Waals surface area contributed by atoms with E-state index < -0.39 is 29.3 Å². The van der Waals surface area contributed by atoms with E-state index in [0.717, 1.165) is 24.3 Å². The van der Waals surface area contributed by atoms with Crippen molar-refractivity contribution in [2.45, 2.75) is 12.7 Å². The van der Waals surface area contributed by atoms with Crippen molar-refractivity contribution >= 4 is 11.7 Å². The number of aromatic nitrogens is 2. The molecular weight excluding hydrogens is 457 g/mol. The summed E-state index contributed by atoms with van der Waals surface area (Å²) in [6, 6.07) is 13.7. The van der Waals surface area contributed by atoms with Crippen LogP contribution in [0.4, 0.5) is 27.6 Å². The zero-order valence-corrected chi connectivity index (χ0v) is 17.3. The van der Waals surface area contributed by atoms with Gasteiger partial charge in [-0.15, -0.1) is 0 Å². The summed E-state index contributed by atoms with van der Waals surface area (Å²) >= 11 is 0. The van der Waals surface area contributed by atoms with Gasteiger partial charge < -0.3 is 10.4 Å². The molecule has 1 aromatic heterocycles. The van der Waals surface area contributed by atoms with Crippen molar-refractivity contribution in [1.82, 2.24) is 9.78 Å². The van der Waals surface area contributed by atoms with E-state index in [0.29, 0.717) is 28.2 Å². The average Bonchev–Trinajstić information content (AvgIpc) is 3.24. The minimum absolute atomic E-state index is 0.0763. The number of carboxylic acids is 1. The van der Waals surface area contributed by atoms with E-state index >= 15 is 0 Å². The SMILES string of the molecule is O=C(O)c1ccc(-c2nn(-c3ccc(C(F)(F)F)cc3)cc2CNc2ccc(F)c(F)c2)cc1. The maximum Gasteiger partial charge on any atom is 0.416 e. The Morgan fingerprint density at radius 3 is 2.21 bits per heavy atom. The topological polar surface area (TPSA) is 67.1 Å². The van der Waals surface area contributed by atoms with Gasteiger partial charge in [0.2, 0.25) is 0 Å². The molecule has 0 aliphatic carbocycles. The summed E-state index contributed by atoms with van der Waals surface area (Å²) < 4.78 is 66.8. The molecule has 0 aliphatic heterocycles. The van der Waals surface area contributed by atoms with Gasteiger partial charge in [0.15, 0.2) is 11.6 Å². The normalized spacial score (nSPS) is 11.4. The number of alkyl halides is 3. The molecule has 0 amide bonds. The molecule has 5 nitrogen and oxygen atoms in total. The monoisotopic (exact) mass is 473 g/mol. The first kappa shape index (κ1) is 23.0. The van der Waals surface area contributed by atoms with E-state index in [9.17, 15) is 26.7 Å². The summed E-state index contributed by atoms with van der Waals surface area (Å²) in [6.45, 7) is 0.127. The summed E-state index contributed by atoms with van der Waals surface area (Å²) in [5.74, 6) is -3.10. The zero-order chi connectivity index (χ0) is 24.5. The first-order chi connectivity index (χ1) is 16.1. The number of carbonyl (C=O) groups is 1. The van der Waals surface area contributed by atoms with Gasteiger partial charge in [-0.3, -0.25) is 0 Å². The van der Waals surface area contributed by atoms with Gasteiger partial charge in [0.1, 0.15) is 0 Å². The van der Waals surface area contributed by atoms with Gasteiger partial charge in [-0.05, 0) is 48.5 Å². The third-order valence-corrected chi connectivity index (χ3v) is 5.06. The van der Waals surface area contributed by atoms with Crippen LogP contribution in [0.25, 0.3) is 16.9 Å². The lowest BCUT2D eigenvalue weighted by Crippen LogP contribution is -2.05. The summed E-state index contributed by atoms with van der Waals surface area (Å²) in [5, 5.41) is 16.6. The zero-order valence-electron chi connectivity index (χ0n) is 17.3. The number of benzene rings is 3.